The van der Waals surface area contributed by atoms with Crippen LogP contribution in [0.15, 0.2) is 53.8 Å². The van der Waals surface area contributed by atoms with Gasteiger partial charge in [-0.3, -0.25) is 4.90 Å². The van der Waals surface area contributed by atoms with E-state index in [0.717, 1.165) is 22.5 Å². The Labute approximate surface area is 187 Å². The minimum Gasteiger partial charge on any atom is -0.384 e. The van der Waals surface area contributed by atoms with Crippen LogP contribution in [0.25, 0.3) is 5.57 Å². The summed E-state index contributed by atoms with van der Waals surface area (Å²) in [6, 6.07) is 9.16. The number of rotatable bonds is 5. The van der Waals surface area contributed by atoms with Gasteiger partial charge in [-0.1, -0.05) is 30.9 Å². The monoisotopic (exact) mass is 433 g/mol. The third kappa shape index (κ3) is 4.62. The van der Waals surface area contributed by atoms with Crippen LogP contribution in [-0.4, -0.2) is 55.1 Å². The summed E-state index contributed by atoms with van der Waals surface area (Å²) < 4.78 is 5.48. The molecule has 0 spiro atoms. The molecule has 3 heterocycles. The van der Waals surface area contributed by atoms with E-state index in [1.807, 2.05) is 43.3 Å². The zero-order valence-corrected chi connectivity index (χ0v) is 18.1. The molecule has 0 atom stereocenters. The Hall–Kier alpha value is -3.72. The Morgan fingerprint density at radius 1 is 1.22 bits per heavy atom. The number of allylic oxidation sites excluding steroid dienone is 2. The minimum atomic E-state index is -0.224. The molecule has 2 aliphatic heterocycles. The lowest BCUT2D eigenvalue weighted by Crippen LogP contribution is -2.38. The van der Waals surface area contributed by atoms with Crippen LogP contribution in [0.2, 0.25) is 0 Å². The van der Waals surface area contributed by atoms with Gasteiger partial charge in [-0.05, 0) is 25.5 Å². The second-order valence-electron chi connectivity index (χ2n) is 7.47. The van der Waals surface area contributed by atoms with Gasteiger partial charge in [0, 0.05) is 42.7 Å². The summed E-state index contributed by atoms with van der Waals surface area (Å²) in [5, 5.41) is 2.95. The molecule has 32 heavy (non-hydrogen) atoms. The van der Waals surface area contributed by atoms with Crippen molar-refractivity contribution >= 4 is 35.3 Å². The summed E-state index contributed by atoms with van der Waals surface area (Å²) in [5.41, 5.74) is 8.83. The Bertz CT molecular complexity index is 1060. The molecule has 0 unspecified atom stereocenters. The first kappa shape index (κ1) is 21.5. The van der Waals surface area contributed by atoms with Crippen molar-refractivity contribution in [1.29, 1.82) is 0 Å². The largest absolute Gasteiger partial charge is 0.384 e. The number of aromatic nitrogens is 2. The van der Waals surface area contributed by atoms with Crippen LogP contribution < -0.4 is 20.9 Å². The first-order chi connectivity index (χ1) is 15.6. The summed E-state index contributed by atoms with van der Waals surface area (Å²) in [7, 11) is 0. The number of urea groups is 1. The quantitative estimate of drug-likeness (QED) is 0.702. The summed E-state index contributed by atoms with van der Waals surface area (Å²) in [5.74, 6) is 1.40. The predicted octanol–water partition coefficient (Wildman–Crippen LogP) is 2.81. The summed E-state index contributed by atoms with van der Waals surface area (Å²) >= 11 is 0. The Morgan fingerprint density at radius 3 is 2.66 bits per heavy atom. The van der Waals surface area contributed by atoms with E-state index in [-0.39, 0.29) is 11.9 Å². The number of amides is 2. The molecule has 0 aliphatic carbocycles. The van der Waals surface area contributed by atoms with E-state index in [1.54, 1.807) is 11.1 Å². The number of nitrogens with zero attached hydrogens (tertiary/aromatic N) is 5. The molecule has 9 heteroatoms. The number of morpholine rings is 1. The number of benzene rings is 1. The van der Waals surface area contributed by atoms with Gasteiger partial charge in [-0.15, -0.1) is 0 Å². The van der Waals surface area contributed by atoms with Gasteiger partial charge in [0.05, 0.1) is 18.9 Å². The molecule has 166 valence electrons. The number of hydrogen-bond donors (Lipinski definition) is 2. The molecule has 2 aliphatic rings. The van der Waals surface area contributed by atoms with E-state index in [1.165, 1.54) is 0 Å². The number of fused-ring (bicyclic) bond motifs is 1. The smallest absolute Gasteiger partial charge is 0.327 e. The van der Waals surface area contributed by atoms with Gasteiger partial charge in [0.15, 0.2) is 0 Å². The van der Waals surface area contributed by atoms with E-state index in [2.05, 4.69) is 21.8 Å². The number of para-hydroxylation sites is 1. The van der Waals surface area contributed by atoms with Crippen molar-refractivity contribution in [2.45, 2.75) is 13.3 Å². The summed E-state index contributed by atoms with van der Waals surface area (Å²) in [6.45, 7) is 8.65. The fourth-order valence-electron chi connectivity index (χ4n) is 3.72. The topological polar surface area (TPSA) is 109 Å². The number of carbonyl (C=O) groups is 1. The minimum absolute atomic E-state index is 0.215. The van der Waals surface area contributed by atoms with Gasteiger partial charge in [-0.25, -0.2) is 14.8 Å². The molecule has 0 radical (unpaired) electrons. The average molecular weight is 434 g/mol. The second kappa shape index (κ2) is 9.61. The summed E-state index contributed by atoms with van der Waals surface area (Å²) in [4.78, 5) is 30.7. The highest BCUT2D eigenvalue weighted by Crippen LogP contribution is 2.33. The molecule has 1 saturated heterocycles. The third-order valence-corrected chi connectivity index (χ3v) is 5.33. The van der Waals surface area contributed by atoms with Crippen molar-refractivity contribution in [2.75, 3.05) is 48.0 Å². The van der Waals surface area contributed by atoms with Crippen molar-refractivity contribution in [3.8, 4) is 0 Å². The summed E-state index contributed by atoms with van der Waals surface area (Å²) in [6.07, 6.45) is 4.22. The van der Waals surface area contributed by atoms with E-state index in [4.69, 9.17) is 20.4 Å². The molecule has 0 bridgehead atoms. The molecule has 3 N–H and O–H groups in total. The van der Waals surface area contributed by atoms with Crippen molar-refractivity contribution in [1.82, 2.24) is 9.97 Å². The number of ether oxygens (including phenoxy) is 1. The molecule has 2 amide bonds. The molecule has 2 aromatic rings. The highest BCUT2D eigenvalue weighted by molar-refractivity contribution is 6.11. The maximum absolute atomic E-state index is 13.1. The molecule has 1 aromatic heterocycles. The Kier molecular flexibility index (Phi) is 6.46. The zero-order chi connectivity index (χ0) is 22.5. The number of aliphatic imine (C=N–C) groups is 1. The first-order valence-electron chi connectivity index (χ1n) is 10.6. The first-order valence-corrected chi connectivity index (χ1v) is 10.6. The van der Waals surface area contributed by atoms with Gasteiger partial charge >= 0.3 is 6.03 Å². The third-order valence-electron chi connectivity index (χ3n) is 5.33. The average Bonchev–Trinajstić information content (AvgIpc) is 3.25. The molecule has 0 saturated carbocycles. The van der Waals surface area contributed by atoms with Crippen molar-refractivity contribution in [2.24, 2.45) is 10.7 Å². The van der Waals surface area contributed by atoms with Crippen molar-refractivity contribution in [3.05, 3.63) is 60.1 Å². The number of carbonyl (C=O) groups excluding carboxylic acids is 1. The highest BCUT2D eigenvalue weighted by Gasteiger charge is 2.32. The zero-order valence-electron chi connectivity index (χ0n) is 18.1. The van der Waals surface area contributed by atoms with Crippen LogP contribution in [0.1, 0.15) is 18.2 Å². The molecule has 1 aromatic carbocycles. The fourth-order valence-corrected chi connectivity index (χ4v) is 3.72. The van der Waals surface area contributed by atoms with Crippen molar-refractivity contribution < 1.29 is 9.53 Å². The maximum atomic E-state index is 13.1. The maximum Gasteiger partial charge on any atom is 0.327 e. The van der Waals surface area contributed by atoms with E-state index in [9.17, 15) is 4.79 Å². The molecule has 1 fully saturated rings. The van der Waals surface area contributed by atoms with Gasteiger partial charge in [0.1, 0.15) is 11.6 Å². The van der Waals surface area contributed by atoms with Gasteiger partial charge in [0.25, 0.3) is 0 Å². The van der Waals surface area contributed by atoms with Crippen molar-refractivity contribution in [3.63, 3.8) is 0 Å². The van der Waals surface area contributed by atoms with Crippen LogP contribution in [0.3, 0.4) is 0 Å². The molecular weight excluding hydrogens is 406 g/mol. The Balaban J connectivity index is 1.73. The normalized spacial score (nSPS) is 16.3. The van der Waals surface area contributed by atoms with Gasteiger partial charge in [-0.2, -0.15) is 4.98 Å². The molecule has 4 rings (SSSR count). The number of hydrogen-bond acceptors (Lipinski definition) is 7. The number of anilines is 3. The van der Waals surface area contributed by atoms with Gasteiger partial charge < -0.3 is 20.7 Å². The number of nitrogens with two attached hydrogens (primary N) is 1. The van der Waals surface area contributed by atoms with Crippen LogP contribution in [0, 0.1) is 0 Å². The van der Waals surface area contributed by atoms with Crippen LogP contribution in [0.5, 0.6) is 0 Å². The van der Waals surface area contributed by atoms with Crippen LogP contribution >= 0.6 is 0 Å². The lowest BCUT2D eigenvalue weighted by atomic mass is 10.1. The fraction of sp³-hybridized carbons (Fsp3) is 0.304. The van der Waals surface area contributed by atoms with E-state index in [0.29, 0.717) is 51.0 Å². The molecular formula is C23H27N7O2. The van der Waals surface area contributed by atoms with Crippen LogP contribution in [0.4, 0.5) is 22.2 Å². The number of nitrogens with one attached hydrogen (secondary N) is 1. The lowest BCUT2D eigenvalue weighted by Gasteiger charge is -2.28. The SMILES string of the molecule is C=C(N)/N=C\C(=C/C)c1nc(N2CCOCC2)nc2c1CCN2C(=O)Nc1ccccc1. The van der Waals surface area contributed by atoms with E-state index >= 15 is 0 Å². The lowest BCUT2D eigenvalue weighted by molar-refractivity contribution is 0.122. The predicted molar refractivity (Wildman–Crippen MR) is 127 cm³/mol. The highest BCUT2D eigenvalue weighted by atomic mass is 16.5. The van der Waals surface area contributed by atoms with Crippen LogP contribution in [-0.2, 0) is 11.2 Å². The standard InChI is InChI=1S/C23H27N7O2/c1-3-17(15-25-16(2)24)20-19-9-10-30(23(31)26-18-7-5-4-6-8-18)21(19)28-22(27-20)29-11-13-32-14-12-29/h3-8,15H,2,9-14,24H2,1H3,(H,26,31)/b17-3+,25-15-. The Morgan fingerprint density at radius 2 is 1.97 bits per heavy atom. The van der Waals surface area contributed by atoms with Gasteiger partial charge in [0.2, 0.25) is 5.95 Å². The molecule has 9 nitrogen and oxygen atoms in total. The van der Waals surface area contributed by atoms with E-state index < -0.39 is 0 Å². The second-order valence-corrected chi connectivity index (χ2v) is 7.47.